The molecule has 0 aromatic heterocycles. The average molecular weight is 435 g/mol. The second-order valence-electron chi connectivity index (χ2n) is 8.41. The first kappa shape index (κ1) is 25.4. The lowest BCUT2D eigenvalue weighted by Crippen LogP contribution is -2.73. The van der Waals surface area contributed by atoms with Crippen LogP contribution in [0.3, 0.4) is 0 Å². The number of aliphatic hydroxyl groups excluding tert-OH is 1. The van der Waals surface area contributed by atoms with Gasteiger partial charge in [0.25, 0.3) is 0 Å². The molecule has 1 aliphatic carbocycles. The first-order valence-electron chi connectivity index (χ1n) is 10.6. The Morgan fingerprint density at radius 1 is 1.23 bits per heavy atom. The molecule has 0 spiro atoms. The molecule has 4 unspecified atom stereocenters. The standard InChI is InChI=1S/C20H38N2O8/c1-12(21-14(10-27-3)11-28-4)7-5-6-8-29-19-17(22-13(2)23)18(24)16-15(30-19)9-20(16,25)26/h12,14-19,21,24-26H,5-11H2,1-4H3,(H,22,23)/t12?,15?,16-,17?,18?,19+/m0/s1. The summed E-state index contributed by atoms with van der Waals surface area (Å²) in [5.74, 6) is -3.20. The molecule has 10 heteroatoms. The summed E-state index contributed by atoms with van der Waals surface area (Å²) >= 11 is 0. The minimum Gasteiger partial charge on any atom is -0.390 e. The van der Waals surface area contributed by atoms with Gasteiger partial charge < -0.3 is 44.9 Å². The largest absolute Gasteiger partial charge is 0.390 e. The van der Waals surface area contributed by atoms with Crippen LogP contribution in [0.4, 0.5) is 0 Å². The monoisotopic (exact) mass is 434 g/mol. The smallest absolute Gasteiger partial charge is 0.217 e. The van der Waals surface area contributed by atoms with Crippen LogP contribution in [-0.2, 0) is 23.7 Å². The maximum Gasteiger partial charge on any atom is 0.217 e. The minimum absolute atomic E-state index is 0.00861. The van der Waals surface area contributed by atoms with Gasteiger partial charge in [-0.25, -0.2) is 0 Å². The van der Waals surface area contributed by atoms with Gasteiger partial charge in [0.05, 0.1) is 37.4 Å². The Kier molecular flexibility index (Phi) is 9.89. The van der Waals surface area contributed by atoms with Crippen molar-refractivity contribution >= 4 is 5.91 Å². The highest BCUT2D eigenvalue weighted by molar-refractivity contribution is 5.73. The van der Waals surface area contributed by atoms with Crippen LogP contribution < -0.4 is 10.6 Å². The van der Waals surface area contributed by atoms with Gasteiger partial charge in [-0.3, -0.25) is 4.79 Å². The molecular formula is C20H38N2O8. The molecule has 1 saturated carbocycles. The van der Waals surface area contributed by atoms with Crippen molar-refractivity contribution in [2.45, 2.75) is 81.9 Å². The lowest BCUT2D eigenvalue weighted by Gasteiger charge is -2.56. The van der Waals surface area contributed by atoms with Crippen LogP contribution >= 0.6 is 0 Å². The zero-order valence-corrected chi connectivity index (χ0v) is 18.4. The quantitative estimate of drug-likeness (QED) is 0.184. The number of amides is 1. The second-order valence-corrected chi connectivity index (χ2v) is 8.41. The topological polar surface area (TPSA) is 139 Å². The predicted octanol–water partition coefficient (Wildman–Crippen LogP) is -0.896. The van der Waals surface area contributed by atoms with E-state index in [1.165, 1.54) is 6.92 Å². The van der Waals surface area contributed by atoms with E-state index in [-0.39, 0.29) is 24.4 Å². The van der Waals surface area contributed by atoms with E-state index in [1.807, 2.05) is 0 Å². The Morgan fingerprint density at radius 3 is 2.47 bits per heavy atom. The lowest BCUT2D eigenvalue weighted by atomic mass is 9.68. The highest BCUT2D eigenvalue weighted by Crippen LogP contribution is 2.46. The number of aliphatic hydroxyl groups is 3. The fourth-order valence-electron chi connectivity index (χ4n) is 4.28. The maximum absolute atomic E-state index is 11.5. The van der Waals surface area contributed by atoms with E-state index in [0.29, 0.717) is 19.8 Å². The Hall–Kier alpha value is -0.850. The summed E-state index contributed by atoms with van der Waals surface area (Å²) in [6.07, 6.45) is 0.157. The van der Waals surface area contributed by atoms with E-state index in [2.05, 4.69) is 17.6 Å². The number of methoxy groups -OCH3 is 2. The third-order valence-corrected chi connectivity index (χ3v) is 5.71. The van der Waals surface area contributed by atoms with E-state index < -0.39 is 36.2 Å². The van der Waals surface area contributed by atoms with Gasteiger partial charge >= 0.3 is 0 Å². The Balaban J connectivity index is 1.74. The number of hydrogen-bond donors (Lipinski definition) is 5. The van der Waals surface area contributed by atoms with Crippen molar-refractivity contribution in [2.24, 2.45) is 5.92 Å². The van der Waals surface area contributed by atoms with Crippen molar-refractivity contribution in [1.82, 2.24) is 10.6 Å². The molecule has 0 aromatic carbocycles. The molecule has 2 aliphatic rings. The van der Waals surface area contributed by atoms with Gasteiger partial charge in [-0.15, -0.1) is 0 Å². The van der Waals surface area contributed by atoms with E-state index in [9.17, 15) is 20.1 Å². The molecular weight excluding hydrogens is 396 g/mol. The molecule has 2 rings (SSSR count). The van der Waals surface area contributed by atoms with Crippen LogP contribution in [0.1, 0.15) is 39.5 Å². The van der Waals surface area contributed by atoms with Crippen LogP contribution in [-0.4, -0.2) is 97.7 Å². The summed E-state index contributed by atoms with van der Waals surface area (Å²) in [6, 6.07) is -0.423. The first-order chi connectivity index (χ1) is 14.2. The van der Waals surface area contributed by atoms with Crippen molar-refractivity contribution in [3.63, 3.8) is 0 Å². The fourth-order valence-corrected chi connectivity index (χ4v) is 4.28. The molecule has 1 saturated heterocycles. The van der Waals surface area contributed by atoms with Crippen molar-refractivity contribution in [3.05, 3.63) is 0 Å². The number of rotatable bonds is 13. The van der Waals surface area contributed by atoms with Gasteiger partial charge in [-0.1, -0.05) is 0 Å². The minimum atomic E-state index is -1.99. The molecule has 30 heavy (non-hydrogen) atoms. The fraction of sp³-hybridized carbons (Fsp3) is 0.950. The number of carbonyl (C=O) groups excluding carboxylic acids is 1. The Bertz CT molecular complexity index is 529. The summed E-state index contributed by atoms with van der Waals surface area (Å²) in [6.45, 7) is 5.01. The molecule has 1 amide bonds. The number of nitrogens with one attached hydrogen (secondary N) is 2. The molecule has 0 aromatic rings. The summed E-state index contributed by atoms with van der Waals surface area (Å²) in [5, 5.41) is 36.4. The van der Waals surface area contributed by atoms with Crippen LogP contribution in [0, 0.1) is 5.92 Å². The highest BCUT2D eigenvalue weighted by atomic mass is 16.7. The summed E-state index contributed by atoms with van der Waals surface area (Å²) in [5.41, 5.74) is 0. The van der Waals surface area contributed by atoms with Crippen molar-refractivity contribution < 1.29 is 39.1 Å². The highest BCUT2D eigenvalue weighted by Gasteiger charge is 2.62. The number of fused-ring (bicyclic) bond motifs is 1. The number of unbranched alkanes of at least 4 members (excludes halogenated alkanes) is 1. The lowest BCUT2D eigenvalue weighted by molar-refractivity contribution is -0.378. The van der Waals surface area contributed by atoms with Gasteiger partial charge in [0.2, 0.25) is 5.91 Å². The Morgan fingerprint density at radius 2 is 1.90 bits per heavy atom. The van der Waals surface area contributed by atoms with Gasteiger partial charge in [-0.05, 0) is 26.2 Å². The van der Waals surface area contributed by atoms with Crippen LogP contribution in [0.15, 0.2) is 0 Å². The van der Waals surface area contributed by atoms with Gasteiger partial charge in [0.15, 0.2) is 12.1 Å². The zero-order chi connectivity index (χ0) is 22.3. The number of carbonyl (C=O) groups is 1. The van der Waals surface area contributed by atoms with Gasteiger partial charge in [0, 0.05) is 40.2 Å². The molecule has 1 heterocycles. The normalized spacial score (nSPS) is 31.1. The number of hydrogen-bond acceptors (Lipinski definition) is 9. The molecule has 10 nitrogen and oxygen atoms in total. The SMILES string of the molecule is COCC(COC)NC(C)CCCCO[C@@H]1OC2CC(O)(O)[C@@H]2C(O)C1NC(C)=O. The molecule has 5 N–H and O–H groups in total. The Labute approximate surface area is 178 Å². The van der Waals surface area contributed by atoms with Crippen LogP contribution in [0.25, 0.3) is 0 Å². The van der Waals surface area contributed by atoms with E-state index >= 15 is 0 Å². The van der Waals surface area contributed by atoms with Crippen molar-refractivity contribution in [2.75, 3.05) is 34.0 Å². The van der Waals surface area contributed by atoms with E-state index in [0.717, 1.165) is 19.3 Å². The second kappa shape index (κ2) is 11.7. The average Bonchev–Trinajstić information content (AvgIpc) is 2.63. The first-order valence-corrected chi connectivity index (χ1v) is 10.6. The van der Waals surface area contributed by atoms with Crippen molar-refractivity contribution in [1.29, 1.82) is 0 Å². The third-order valence-electron chi connectivity index (χ3n) is 5.71. The van der Waals surface area contributed by atoms with Gasteiger partial charge in [0.1, 0.15) is 6.04 Å². The molecule has 0 radical (unpaired) electrons. The molecule has 2 fully saturated rings. The van der Waals surface area contributed by atoms with Gasteiger partial charge in [-0.2, -0.15) is 0 Å². The number of ether oxygens (including phenoxy) is 4. The summed E-state index contributed by atoms with van der Waals surface area (Å²) < 4.78 is 22.0. The predicted molar refractivity (Wildman–Crippen MR) is 107 cm³/mol. The summed E-state index contributed by atoms with van der Waals surface area (Å²) in [4.78, 5) is 11.5. The zero-order valence-electron chi connectivity index (χ0n) is 18.4. The van der Waals surface area contributed by atoms with Crippen LogP contribution in [0.2, 0.25) is 0 Å². The van der Waals surface area contributed by atoms with Crippen molar-refractivity contribution in [3.8, 4) is 0 Å². The molecule has 6 atom stereocenters. The third kappa shape index (κ3) is 6.83. The molecule has 176 valence electrons. The summed E-state index contributed by atoms with van der Waals surface area (Å²) in [7, 11) is 3.33. The van der Waals surface area contributed by atoms with E-state index in [4.69, 9.17) is 18.9 Å². The molecule has 0 bridgehead atoms. The van der Waals surface area contributed by atoms with E-state index in [1.54, 1.807) is 14.2 Å². The molecule has 1 aliphatic heterocycles. The maximum atomic E-state index is 11.5. The van der Waals surface area contributed by atoms with Crippen LogP contribution in [0.5, 0.6) is 0 Å².